The molecule has 0 aromatic rings. The summed E-state index contributed by atoms with van der Waals surface area (Å²) in [6.45, 7) is 3.84. The first kappa shape index (κ1) is 15.1. The summed E-state index contributed by atoms with van der Waals surface area (Å²) in [6, 6.07) is 0. The third-order valence-electron chi connectivity index (χ3n) is 2.93. The van der Waals surface area contributed by atoms with Gasteiger partial charge in [0, 0.05) is 26.5 Å². The molecule has 2 rings (SSSR count). The predicted molar refractivity (Wildman–Crippen MR) is 67.8 cm³/mol. The molecule has 0 spiro atoms. The highest BCUT2D eigenvalue weighted by atomic mass is 32.2. The van der Waals surface area contributed by atoms with E-state index in [2.05, 4.69) is 0 Å². The molecule has 0 saturated carbocycles. The van der Waals surface area contributed by atoms with Crippen LogP contribution in [0.25, 0.3) is 0 Å². The van der Waals surface area contributed by atoms with Crippen molar-refractivity contribution in [3.63, 3.8) is 0 Å². The Morgan fingerprint density at radius 1 is 0.950 bits per heavy atom. The van der Waals surface area contributed by atoms with Gasteiger partial charge in [-0.25, -0.2) is 0 Å². The Labute approximate surface area is 120 Å². The summed E-state index contributed by atoms with van der Waals surface area (Å²) >= 11 is 1.38. The van der Waals surface area contributed by atoms with Crippen LogP contribution in [0, 0.1) is 0 Å². The lowest BCUT2D eigenvalue weighted by Gasteiger charge is -2.28. The van der Waals surface area contributed by atoms with E-state index in [1.165, 1.54) is 32.5 Å². The van der Waals surface area contributed by atoms with Crippen LogP contribution in [-0.2, 0) is 33.3 Å². The first-order valence-electron chi connectivity index (χ1n) is 6.17. The van der Waals surface area contributed by atoms with E-state index in [9.17, 15) is 14.4 Å². The van der Waals surface area contributed by atoms with Crippen LogP contribution in [0.3, 0.4) is 0 Å². The minimum absolute atomic E-state index is 0.370. The smallest absolute Gasteiger partial charge is 0.303 e. The van der Waals surface area contributed by atoms with E-state index in [0.29, 0.717) is 5.75 Å². The van der Waals surface area contributed by atoms with Crippen LogP contribution in [0.15, 0.2) is 0 Å². The van der Waals surface area contributed by atoms with E-state index < -0.39 is 41.7 Å². The van der Waals surface area contributed by atoms with Gasteiger partial charge in [-0.15, -0.1) is 11.8 Å². The van der Waals surface area contributed by atoms with Gasteiger partial charge in [0.15, 0.2) is 17.6 Å². The van der Waals surface area contributed by atoms with Crippen LogP contribution < -0.4 is 0 Å². The van der Waals surface area contributed by atoms with Crippen LogP contribution in [0.1, 0.15) is 20.8 Å². The molecule has 2 aliphatic heterocycles. The first-order valence-corrected chi connectivity index (χ1v) is 7.22. The molecular weight excluding hydrogens is 288 g/mol. The first-order chi connectivity index (χ1) is 9.38. The van der Waals surface area contributed by atoms with E-state index in [0.717, 1.165) is 0 Å². The number of esters is 3. The molecule has 0 aromatic carbocycles. The average molecular weight is 304 g/mol. The fourth-order valence-electron chi connectivity index (χ4n) is 2.32. The second-order valence-electron chi connectivity index (χ2n) is 4.60. The molecule has 2 heterocycles. The molecule has 0 N–H and O–H groups in total. The van der Waals surface area contributed by atoms with Crippen molar-refractivity contribution in [1.82, 2.24) is 0 Å². The third kappa shape index (κ3) is 3.24. The van der Waals surface area contributed by atoms with Gasteiger partial charge >= 0.3 is 17.9 Å². The number of rotatable bonds is 3. The van der Waals surface area contributed by atoms with Gasteiger partial charge in [0.05, 0.1) is 0 Å². The maximum Gasteiger partial charge on any atom is 0.303 e. The largest absolute Gasteiger partial charge is 0.456 e. The molecule has 0 aromatic heterocycles. The fraction of sp³-hybridized carbons (Fsp3) is 0.750. The molecule has 0 unspecified atom stereocenters. The van der Waals surface area contributed by atoms with Gasteiger partial charge in [-0.1, -0.05) is 0 Å². The van der Waals surface area contributed by atoms with Gasteiger partial charge in [0.25, 0.3) is 0 Å². The molecular formula is C12H16O7S. The molecule has 5 atom stereocenters. The number of hydrogen-bond donors (Lipinski definition) is 0. The SMILES string of the molecule is CC(=O)O[C@H]1[C@H](OC(C)=O)[C@@H]2CS[C@@H](OC(C)=O)[C@H]1O2. The molecule has 2 aliphatic rings. The Balaban J connectivity index is 2.17. The highest BCUT2D eigenvalue weighted by Gasteiger charge is 2.56. The summed E-state index contributed by atoms with van der Waals surface area (Å²) in [5.41, 5.74) is -0.575. The zero-order chi connectivity index (χ0) is 14.9. The molecule has 2 bridgehead atoms. The van der Waals surface area contributed by atoms with Gasteiger partial charge in [0.2, 0.25) is 0 Å². The Kier molecular flexibility index (Phi) is 4.54. The molecule has 7 nitrogen and oxygen atoms in total. The van der Waals surface area contributed by atoms with Crippen LogP contribution in [0.2, 0.25) is 0 Å². The van der Waals surface area contributed by atoms with Crippen molar-refractivity contribution < 1.29 is 33.3 Å². The monoisotopic (exact) mass is 304 g/mol. The summed E-state index contributed by atoms with van der Waals surface area (Å²) in [4.78, 5) is 33.5. The van der Waals surface area contributed by atoms with Gasteiger partial charge < -0.3 is 18.9 Å². The van der Waals surface area contributed by atoms with E-state index in [1.807, 2.05) is 0 Å². The van der Waals surface area contributed by atoms with Crippen molar-refractivity contribution >= 4 is 29.7 Å². The van der Waals surface area contributed by atoms with E-state index in [1.54, 1.807) is 0 Å². The summed E-state index contributed by atoms with van der Waals surface area (Å²) in [5, 5.41) is 0. The standard InChI is InChI=1S/C12H16O7S/c1-5(13)16-9-8-4-20-12(18-7(3)15)11(19-8)10(9)17-6(2)14/h8-12H,4H2,1-3H3/t8-,9+,10-,11-,12+/m0/s1. The topological polar surface area (TPSA) is 88.1 Å². The van der Waals surface area contributed by atoms with Crippen molar-refractivity contribution in [2.45, 2.75) is 50.6 Å². The number of thioether (sulfide) groups is 1. The number of ether oxygens (including phenoxy) is 4. The summed E-state index contributed by atoms with van der Waals surface area (Å²) in [7, 11) is 0. The number of fused-ring (bicyclic) bond motifs is 2. The quantitative estimate of drug-likeness (QED) is 0.542. The van der Waals surface area contributed by atoms with Crippen molar-refractivity contribution in [1.29, 1.82) is 0 Å². The number of hydrogen-bond acceptors (Lipinski definition) is 8. The van der Waals surface area contributed by atoms with Gasteiger partial charge in [-0.05, 0) is 0 Å². The second kappa shape index (κ2) is 6.01. The number of carbonyl (C=O) groups is 3. The highest BCUT2D eigenvalue weighted by molar-refractivity contribution is 7.99. The second-order valence-corrected chi connectivity index (χ2v) is 5.73. The maximum atomic E-state index is 11.2. The Morgan fingerprint density at radius 2 is 1.50 bits per heavy atom. The molecule has 2 fully saturated rings. The molecule has 0 aliphatic carbocycles. The van der Waals surface area contributed by atoms with Crippen LogP contribution in [-0.4, -0.2) is 53.5 Å². The van der Waals surface area contributed by atoms with E-state index in [4.69, 9.17) is 18.9 Å². The van der Waals surface area contributed by atoms with Crippen LogP contribution in [0.4, 0.5) is 0 Å². The van der Waals surface area contributed by atoms with Gasteiger partial charge in [-0.3, -0.25) is 14.4 Å². The molecule has 8 heteroatoms. The molecule has 0 amide bonds. The highest BCUT2D eigenvalue weighted by Crippen LogP contribution is 2.40. The predicted octanol–water partition coefficient (Wildman–Crippen LogP) is 0.253. The zero-order valence-electron chi connectivity index (χ0n) is 11.4. The van der Waals surface area contributed by atoms with Crippen LogP contribution >= 0.6 is 11.8 Å². The lowest BCUT2D eigenvalue weighted by molar-refractivity contribution is -0.166. The normalized spacial score (nSPS) is 35.2. The maximum absolute atomic E-state index is 11.2. The fourth-order valence-corrected chi connectivity index (χ4v) is 3.58. The van der Waals surface area contributed by atoms with Gasteiger partial charge in [-0.2, -0.15) is 0 Å². The van der Waals surface area contributed by atoms with E-state index >= 15 is 0 Å². The minimum Gasteiger partial charge on any atom is -0.456 e. The lowest BCUT2D eigenvalue weighted by Crippen LogP contribution is -2.42. The third-order valence-corrected chi connectivity index (χ3v) is 4.14. The average Bonchev–Trinajstić information content (AvgIpc) is 2.57. The van der Waals surface area contributed by atoms with Crippen molar-refractivity contribution in [2.24, 2.45) is 0 Å². The number of carbonyl (C=O) groups excluding carboxylic acids is 3. The van der Waals surface area contributed by atoms with Crippen molar-refractivity contribution in [3.05, 3.63) is 0 Å². The molecule has 112 valence electrons. The van der Waals surface area contributed by atoms with Crippen molar-refractivity contribution in [2.75, 3.05) is 5.75 Å². The zero-order valence-corrected chi connectivity index (χ0v) is 12.2. The Morgan fingerprint density at radius 3 is 2.05 bits per heavy atom. The summed E-state index contributed by atoms with van der Waals surface area (Å²) in [6.07, 6.45) is -2.43. The Bertz CT molecular complexity index is 424. The van der Waals surface area contributed by atoms with E-state index in [-0.39, 0.29) is 6.10 Å². The Hall–Kier alpha value is -1.28. The van der Waals surface area contributed by atoms with Crippen molar-refractivity contribution in [3.8, 4) is 0 Å². The lowest BCUT2D eigenvalue weighted by atomic mass is 10.1. The van der Waals surface area contributed by atoms with Gasteiger partial charge in [0.1, 0.15) is 12.2 Å². The molecule has 2 saturated heterocycles. The summed E-state index contributed by atoms with van der Waals surface area (Å²) in [5.74, 6) is -0.932. The molecule has 0 radical (unpaired) electrons. The minimum atomic E-state index is -0.763. The summed E-state index contributed by atoms with van der Waals surface area (Å²) < 4.78 is 21.2. The van der Waals surface area contributed by atoms with Crippen LogP contribution in [0.5, 0.6) is 0 Å². The molecule has 20 heavy (non-hydrogen) atoms.